The number of amides is 1. The molecule has 0 saturated carbocycles. The van der Waals surface area contributed by atoms with E-state index in [-0.39, 0.29) is 12.5 Å². The number of benzene rings is 1. The Kier molecular flexibility index (Phi) is 5.96. The highest BCUT2D eigenvalue weighted by Crippen LogP contribution is 2.17. The second-order valence-corrected chi connectivity index (χ2v) is 4.35. The average molecular weight is 239 g/mol. The third-order valence-electron chi connectivity index (χ3n) is 2.21. The summed E-state index contributed by atoms with van der Waals surface area (Å²) >= 11 is 1.53. The standard InChI is InChI=1S/C12H17NO2S/c1-2-13(8-9-14)12(15)10-16-11-6-4-3-5-7-11/h3-7,14H,2,8-10H2,1H3. The van der Waals surface area contributed by atoms with Crippen molar-refractivity contribution in [2.75, 3.05) is 25.4 Å². The van der Waals surface area contributed by atoms with Gasteiger partial charge in [0.2, 0.25) is 5.91 Å². The normalized spacial score (nSPS) is 10.1. The minimum atomic E-state index is 0.0234. The molecule has 16 heavy (non-hydrogen) atoms. The van der Waals surface area contributed by atoms with Gasteiger partial charge in [-0.3, -0.25) is 4.79 Å². The van der Waals surface area contributed by atoms with Gasteiger partial charge in [0.1, 0.15) is 0 Å². The molecule has 0 bridgehead atoms. The molecule has 0 saturated heterocycles. The summed E-state index contributed by atoms with van der Waals surface area (Å²) in [5.41, 5.74) is 0. The molecule has 1 aromatic rings. The molecule has 4 heteroatoms. The van der Waals surface area contributed by atoms with Gasteiger partial charge in [-0.1, -0.05) is 18.2 Å². The van der Waals surface area contributed by atoms with E-state index < -0.39 is 0 Å². The fourth-order valence-electron chi connectivity index (χ4n) is 1.33. The van der Waals surface area contributed by atoms with Crippen molar-refractivity contribution in [2.24, 2.45) is 0 Å². The Labute approximate surface area is 100 Å². The van der Waals surface area contributed by atoms with Crippen LogP contribution in [-0.2, 0) is 4.79 Å². The highest BCUT2D eigenvalue weighted by Gasteiger charge is 2.10. The van der Waals surface area contributed by atoms with Crippen molar-refractivity contribution in [1.29, 1.82) is 0 Å². The molecule has 1 aromatic carbocycles. The summed E-state index contributed by atoms with van der Waals surface area (Å²) in [7, 11) is 0. The number of rotatable bonds is 6. The predicted octanol–water partition coefficient (Wildman–Crippen LogP) is 1.62. The highest BCUT2D eigenvalue weighted by molar-refractivity contribution is 8.00. The van der Waals surface area contributed by atoms with Crippen LogP contribution in [0.15, 0.2) is 35.2 Å². The topological polar surface area (TPSA) is 40.5 Å². The van der Waals surface area contributed by atoms with E-state index in [4.69, 9.17) is 5.11 Å². The molecule has 88 valence electrons. The van der Waals surface area contributed by atoms with E-state index in [0.717, 1.165) is 4.90 Å². The van der Waals surface area contributed by atoms with Gasteiger partial charge in [-0.2, -0.15) is 0 Å². The van der Waals surface area contributed by atoms with Crippen molar-refractivity contribution in [1.82, 2.24) is 4.90 Å². The molecular weight excluding hydrogens is 222 g/mol. The maximum Gasteiger partial charge on any atom is 0.233 e. The lowest BCUT2D eigenvalue weighted by molar-refractivity contribution is -0.128. The van der Waals surface area contributed by atoms with Gasteiger partial charge in [-0.15, -0.1) is 11.8 Å². The van der Waals surface area contributed by atoms with Crippen molar-refractivity contribution in [3.8, 4) is 0 Å². The minimum Gasteiger partial charge on any atom is -0.395 e. The summed E-state index contributed by atoms with van der Waals surface area (Å²) in [6.07, 6.45) is 0. The molecule has 1 rings (SSSR count). The molecule has 0 atom stereocenters. The maximum absolute atomic E-state index is 11.7. The number of carbonyl (C=O) groups is 1. The van der Waals surface area contributed by atoms with Crippen LogP contribution in [0, 0.1) is 0 Å². The Hall–Kier alpha value is -1.00. The average Bonchev–Trinajstić information content (AvgIpc) is 2.34. The first-order valence-electron chi connectivity index (χ1n) is 5.34. The lowest BCUT2D eigenvalue weighted by Crippen LogP contribution is -2.34. The first kappa shape index (κ1) is 13.1. The van der Waals surface area contributed by atoms with E-state index in [1.165, 1.54) is 11.8 Å². The molecule has 0 heterocycles. The van der Waals surface area contributed by atoms with E-state index in [0.29, 0.717) is 18.8 Å². The zero-order chi connectivity index (χ0) is 11.8. The van der Waals surface area contributed by atoms with Gasteiger partial charge in [-0.25, -0.2) is 0 Å². The maximum atomic E-state index is 11.7. The van der Waals surface area contributed by atoms with Crippen LogP contribution in [0.4, 0.5) is 0 Å². The van der Waals surface area contributed by atoms with Gasteiger partial charge < -0.3 is 10.0 Å². The van der Waals surface area contributed by atoms with Gasteiger partial charge in [0.05, 0.1) is 12.4 Å². The van der Waals surface area contributed by atoms with Gasteiger partial charge in [0, 0.05) is 18.0 Å². The zero-order valence-corrected chi connectivity index (χ0v) is 10.2. The Morgan fingerprint density at radius 2 is 2.06 bits per heavy atom. The Morgan fingerprint density at radius 1 is 1.38 bits per heavy atom. The van der Waals surface area contributed by atoms with Crippen LogP contribution in [0.3, 0.4) is 0 Å². The summed E-state index contributed by atoms with van der Waals surface area (Å²) in [5.74, 6) is 0.503. The predicted molar refractivity (Wildman–Crippen MR) is 66.5 cm³/mol. The summed E-state index contributed by atoms with van der Waals surface area (Å²) in [6, 6.07) is 9.84. The van der Waals surface area contributed by atoms with Crippen molar-refractivity contribution in [3.05, 3.63) is 30.3 Å². The van der Waals surface area contributed by atoms with Gasteiger partial charge in [-0.05, 0) is 19.1 Å². The summed E-state index contributed by atoms with van der Waals surface area (Å²) < 4.78 is 0. The molecule has 1 amide bonds. The van der Waals surface area contributed by atoms with Crippen LogP contribution in [0.5, 0.6) is 0 Å². The Morgan fingerprint density at radius 3 is 2.62 bits per heavy atom. The second kappa shape index (κ2) is 7.30. The molecule has 0 aliphatic carbocycles. The van der Waals surface area contributed by atoms with Crippen LogP contribution in [0.1, 0.15) is 6.92 Å². The fraction of sp³-hybridized carbons (Fsp3) is 0.417. The molecule has 0 aromatic heterocycles. The third-order valence-corrected chi connectivity index (χ3v) is 3.21. The Bertz CT molecular complexity index is 316. The zero-order valence-electron chi connectivity index (χ0n) is 9.43. The van der Waals surface area contributed by atoms with Gasteiger partial charge in [0.25, 0.3) is 0 Å². The largest absolute Gasteiger partial charge is 0.395 e. The molecule has 0 fully saturated rings. The fourth-order valence-corrected chi connectivity index (χ4v) is 2.16. The van der Waals surface area contributed by atoms with Crippen molar-refractivity contribution in [2.45, 2.75) is 11.8 Å². The summed E-state index contributed by atoms with van der Waals surface area (Å²) in [5, 5.41) is 8.80. The SMILES string of the molecule is CCN(CCO)C(=O)CSc1ccccc1. The summed E-state index contributed by atoms with van der Waals surface area (Å²) in [4.78, 5) is 14.5. The highest BCUT2D eigenvalue weighted by atomic mass is 32.2. The number of thioether (sulfide) groups is 1. The molecule has 3 nitrogen and oxygen atoms in total. The van der Waals surface area contributed by atoms with E-state index in [1.54, 1.807) is 4.90 Å². The van der Waals surface area contributed by atoms with Crippen LogP contribution in [0.25, 0.3) is 0 Å². The van der Waals surface area contributed by atoms with Crippen molar-refractivity contribution >= 4 is 17.7 Å². The molecule has 0 radical (unpaired) electrons. The first-order chi connectivity index (χ1) is 7.77. The van der Waals surface area contributed by atoms with Crippen LogP contribution >= 0.6 is 11.8 Å². The quantitative estimate of drug-likeness (QED) is 0.767. The van der Waals surface area contributed by atoms with E-state index in [1.807, 2.05) is 37.3 Å². The number of hydrogen-bond donors (Lipinski definition) is 1. The summed E-state index contributed by atoms with van der Waals surface area (Å²) in [6.45, 7) is 3.01. The molecule has 0 unspecified atom stereocenters. The second-order valence-electron chi connectivity index (χ2n) is 3.30. The number of hydrogen-bond acceptors (Lipinski definition) is 3. The minimum absolute atomic E-state index is 0.0234. The van der Waals surface area contributed by atoms with Crippen molar-refractivity contribution in [3.63, 3.8) is 0 Å². The van der Waals surface area contributed by atoms with Crippen LogP contribution < -0.4 is 0 Å². The lowest BCUT2D eigenvalue weighted by Gasteiger charge is -2.19. The Balaban J connectivity index is 2.40. The monoisotopic (exact) mass is 239 g/mol. The molecule has 0 aliphatic heterocycles. The van der Waals surface area contributed by atoms with Gasteiger partial charge in [0.15, 0.2) is 0 Å². The van der Waals surface area contributed by atoms with Crippen LogP contribution in [-0.4, -0.2) is 41.4 Å². The first-order valence-corrected chi connectivity index (χ1v) is 6.33. The number of likely N-dealkylation sites (N-methyl/N-ethyl adjacent to an activating group) is 1. The van der Waals surface area contributed by atoms with Gasteiger partial charge >= 0.3 is 0 Å². The number of nitrogens with zero attached hydrogens (tertiary/aromatic N) is 1. The lowest BCUT2D eigenvalue weighted by atomic mass is 10.4. The third kappa shape index (κ3) is 4.24. The number of aliphatic hydroxyl groups is 1. The van der Waals surface area contributed by atoms with E-state index in [2.05, 4.69) is 0 Å². The van der Waals surface area contributed by atoms with E-state index in [9.17, 15) is 4.79 Å². The van der Waals surface area contributed by atoms with Crippen LogP contribution in [0.2, 0.25) is 0 Å². The van der Waals surface area contributed by atoms with E-state index >= 15 is 0 Å². The smallest absolute Gasteiger partial charge is 0.233 e. The van der Waals surface area contributed by atoms with Crippen molar-refractivity contribution < 1.29 is 9.90 Å². The molecular formula is C12H17NO2S. The number of carbonyl (C=O) groups excluding carboxylic acids is 1. The molecule has 0 aliphatic rings. The molecule has 0 spiro atoms. The number of aliphatic hydroxyl groups excluding tert-OH is 1. The molecule has 1 N–H and O–H groups in total.